The molecule has 0 fully saturated rings. The van der Waals surface area contributed by atoms with Gasteiger partial charge in [0.25, 0.3) is 0 Å². The van der Waals surface area contributed by atoms with Crippen molar-refractivity contribution in [2.75, 3.05) is 0 Å². The maximum absolute atomic E-state index is 13.6. The molecule has 3 nitrogen and oxygen atoms in total. The number of esters is 1. The molecule has 0 aliphatic rings. The Hall–Kier alpha value is -1.02. The topological polar surface area (TPSA) is 39.2 Å². The number of benzene rings is 1. The van der Waals surface area contributed by atoms with Crippen molar-refractivity contribution >= 4 is 44.5 Å². The number of hydrogen-bond acceptors (Lipinski definition) is 3. The molecule has 0 bridgehead atoms. The summed E-state index contributed by atoms with van der Waals surface area (Å²) in [5.74, 6) is -1.09. The molecule has 18 heavy (non-hydrogen) atoms. The molecule has 6 heteroatoms. The Balaban J connectivity index is 2.22. The molecule has 0 spiro atoms. The fraction of sp³-hybridized carbons (Fsp3) is 0. The second-order valence-electron chi connectivity index (χ2n) is 3.35. The van der Waals surface area contributed by atoms with E-state index in [9.17, 15) is 9.18 Å². The second-order valence-corrected chi connectivity index (χ2v) is 5.51. The molecule has 2 rings (SSSR count). The van der Waals surface area contributed by atoms with Gasteiger partial charge in [-0.3, -0.25) is 4.98 Å². The van der Waals surface area contributed by atoms with Crippen molar-refractivity contribution in [3.63, 3.8) is 0 Å². The highest BCUT2D eigenvalue weighted by Gasteiger charge is 2.14. The summed E-state index contributed by atoms with van der Waals surface area (Å²) in [6.45, 7) is 0. The third-order valence-corrected chi connectivity index (χ3v) is 3.15. The quantitative estimate of drug-likeness (QED) is 0.546. The van der Waals surface area contributed by atoms with Crippen LogP contribution in [0.1, 0.15) is 10.4 Å². The Morgan fingerprint density at radius 3 is 2.78 bits per heavy atom. The summed E-state index contributed by atoms with van der Waals surface area (Å²) in [6, 6.07) is 5.88. The molecule has 1 aromatic carbocycles. The number of rotatable bonds is 2. The highest BCUT2D eigenvalue weighted by Crippen LogP contribution is 2.19. The Morgan fingerprint density at radius 1 is 1.33 bits per heavy atom. The molecule has 1 aromatic heterocycles. The van der Waals surface area contributed by atoms with Crippen LogP contribution in [0.3, 0.4) is 0 Å². The van der Waals surface area contributed by atoms with Gasteiger partial charge in [-0.25, -0.2) is 9.18 Å². The van der Waals surface area contributed by atoms with Gasteiger partial charge in [-0.2, -0.15) is 0 Å². The molecule has 92 valence electrons. The first-order valence-corrected chi connectivity index (χ1v) is 6.71. The first-order valence-electron chi connectivity index (χ1n) is 4.84. The van der Waals surface area contributed by atoms with Crippen LogP contribution in [0.2, 0.25) is 0 Å². The fourth-order valence-corrected chi connectivity index (χ4v) is 2.06. The molecule has 0 unspecified atom stereocenters. The maximum Gasteiger partial charge on any atom is 0.346 e. The van der Waals surface area contributed by atoms with E-state index in [0.29, 0.717) is 8.04 Å². The van der Waals surface area contributed by atoms with Crippen LogP contribution in [0, 0.1) is 9.39 Å². The number of hydrogen-bond donors (Lipinski definition) is 0. The van der Waals surface area contributed by atoms with Gasteiger partial charge >= 0.3 is 5.97 Å². The highest BCUT2D eigenvalue weighted by molar-refractivity contribution is 14.1. The number of carbonyl (C=O) groups excluding carboxylic acids is 1. The first kappa shape index (κ1) is 13.4. The van der Waals surface area contributed by atoms with Gasteiger partial charge < -0.3 is 4.74 Å². The predicted molar refractivity (Wildman–Crippen MR) is 76.0 cm³/mol. The summed E-state index contributed by atoms with van der Waals surface area (Å²) < 4.78 is 20.0. The van der Waals surface area contributed by atoms with Crippen LogP contribution < -0.4 is 4.74 Å². The summed E-state index contributed by atoms with van der Waals surface area (Å²) in [7, 11) is 0. The molecule has 0 amide bonds. The number of carbonyl (C=O) groups is 1. The van der Waals surface area contributed by atoms with Gasteiger partial charge in [0.05, 0.1) is 11.8 Å². The molecule has 0 N–H and O–H groups in total. The lowest BCUT2D eigenvalue weighted by Gasteiger charge is -2.05. The van der Waals surface area contributed by atoms with E-state index >= 15 is 0 Å². The molecule has 0 atom stereocenters. The van der Waals surface area contributed by atoms with Gasteiger partial charge in [0, 0.05) is 14.2 Å². The van der Waals surface area contributed by atoms with Gasteiger partial charge in [-0.05, 0) is 62.8 Å². The molecular formula is C12H6BrFINO2. The normalized spacial score (nSPS) is 10.2. The molecule has 0 saturated carbocycles. The third kappa shape index (κ3) is 3.26. The Kier molecular flexibility index (Phi) is 4.28. The van der Waals surface area contributed by atoms with Crippen LogP contribution >= 0.6 is 38.5 Å². The van der Waals surface area contributed by atoms with Gasteiger partial charge in [0.1, 0.15) is 5.82 Å². The lowest BCUT2D eigenvalue weighted by atomic mass is 10.2. The van der Waals surface area contributed by atoms with E-state index in [1.54, 1.807) is 18.3 Å². The Bertz CT molecular complexity index is 606. The maximum atomic E-state index is 13.6. The van der Waals surface area contributed by atoms with Crippen molar-refractivity contribution in [3.05, 3.63) is 56.1 Å². The van der Waals surface area contributed by atoms with Crippen LogP contribution in [-0.2, 0) is 0 Å². The minimum absolute atomic E-state index is 0.101. The summed E-state index contributed by atoms with van der Waals surface area (Å²) >= 11 is 5.17. The average molecular weight is 422 g/mol. The minimum atomic E-state index is -0.746. The average Bonchev–Trinajstić information content (AvgIpc) is 2.28. The van der Waals surface area contributed by atoms with Gasteiger partial charge in [0.15, 0.2) is 5.75 Å². The van der Waals surface area contributed by atoms with E-state index in [1.807, 2.05) is 22.6 Å². The lowest BCUT2D eigenvalue weighted by molar-refractivity contribution is 0.0729. The third-order valence-electron chi connectivity index (χ3n) is 2.04. The van der Waals surface area contributed by atoms with Crippen LogP contribution in [0.25, 0.3) is 0 Å². The standard InChI is InChI=1S/C12H6BrFINO2/c13-7-3-9(6-16-5-7)18-12(17)10-2-1-8(15)4-11(10)14/h1-6H. The van der Waals surface area contributed by atoms with Gasteiger partial charge in [-0.1, -0.05) is 0 Å². The highest BCUT2D eigenvalue weighted by atomic mass is 127. The zero-order valence-corrected chi connectivity index (χ0v) is 12.6. The van der Waals surface area contributed by atoms with Gasteiger partial charge in [-0.15, -0.1) is 0 Å². The number of ether oxygens (including phenoxy) is 1. The lowest BCUT2D eigenvalue weighted by Crippen LogP contribution is -2.11. The molecule has 1 heterocycles. The van der Waals surface area contributed by atoms with Crippen molar-refractivity contribution in [1.82, 2.24) is 4.98 Å². The SMILES string of the molecule is O=C(Oc1cncc(Br)c1)c1ccc(I)cc1F. The van der Waals surface area contributed by atoms with Crippen LogP contribution in [0.15, 0.2) is 41.1 Å². The predicted octanol–water partition coefficient (Wildman–Crippen LogP) is 3.81. The first-order chi connectivity index (χ1) is 8.56. The number of aromatic nitrogens is 1. The summed E-state index contributed by atoms with van der Waals surface area (Å²) in [5.41, 5.74) is -0.101. The summed E-state index contributed by atoms with van der Waals surface area (Å²) in [6.07, 6.45) is 2.94. The fourth-order valence-electron chi connectivity index (χ4n) is 1.27. The zero-order valence-electron chi connectivity index (χ0n) is 8.86. The molecule has 0 aliphatic heterocycles. The van der Waals surface area contributed by atoms with Crippen LogP contribution in [-0.4, -0.2) is 11.0 Å². The molecular weight excluding hydrogens is 416 g/mol. The second kappa shape index (κ2) is 5.75. The van der Waals surface area contributed by atoms with Crippen molar-refractivity contribution in [2.45, 2.75) is 0 Å². The Morgan fingerprint density at radius 2 is 2.11 bits per heavy atom. The van der Waals surface area contributed by atoms with E-state index < -0.39 is 11.8 Å². The van der Waals surface area contributed by atoms with Crippen LogP contribution in [0.5, 0.6) is 5.75 Å². The van der Waals surface area contributed by atoms with Crippen molar-refractivity contribution in [1.29, 1.82) is 0 Å². The molecule has 0 saturated heterocycles. The number of halogens is 3. The van der Waals surface area contributed by atoms with E-state index in [1.165, 1.54) is 18.3 Å². The smallest absolute Gasteiger partial charge is 0.346 e. The van der Waals surface area contributed by atoms with E-state index in [2.05, 4.69) is 20.9 Å². The monoisotopic (exact) mass is 421 g/mol. The van der Waals surface area contributed by atoms with Crippen molar-refractivity contribution in [2.24, 2.45) is 0 Å². The van der Waals surface area contributed by atoms with Gasteiger partial charge in [0.2, 0.25) is 0 Å². The Labute approximate surface area is 125 Å². The molecule has 0 aliphatic carbocycles. The summed E-state index contributed by atoms with van der Waals surface area (Å²) in [4.78, 5) is 15.6. The zero-order chi connectivity index (χ0) is 13.1. The largest absolute Gasteiger partial charge is 0.421 e. The van der Waals surface area contributed by atoms with E-state index in [0.717, 1.165) is 0 Å². The van der Waals surface area contributed by atoms with Crippen LogP contribution in [0.4, 0.5) is 4.39 Å². The molecule has 0 radical (unpaired) electrons. The summed E-state index contributed by atoms with van der Waals surface area (Å²) in [5, 5.41) is 0. The minimum Gasteiger partial charge on any atom is -0.421 e. The van der Waals surface area contributed by atoms with Crippen molar-refractivity contribution in [3.8, 4) is 5.75 Å². The number of nitrogens with zero attached hydrogens (tertiary/aromatic N) is 1. The van der Waals surface area contributed by atoms with E-state index in [4.69, 9.17) is 4.74 Å². The van der Waals surface area contributed by atoms with E-state index in [-0.39, 0.29) is 11.3 Å². The van der Waals surface area contributed by atoms with Crippen molar-refractivity contribution < 1.29 is 13.9 Å². The molecule has 2 aromatic rings. The number of pyridine rings is 1.